The second-order valence-corrected chi connectivity index (χ2v) is 8.66. The van der Waals surface area contributed by atoms with E-state index in [1.54, 1.807) is 34.9 Å². The maximum Gasteiger partial charge on any atom is 0.225 e. The van der Waals surface area contributed by atoms with E-state index in [1.807, 2.05) is 48.7 Å². The topological polar surface area (TPSA) is 42.0 Å². The van der Waals surface area contributed by atoms with Crippen molar-refractivity contribution in [3.8, 4) is 0 Å². The number of nitrogens with one attached hydrogen (secondary N) is 1. The summed E-state index contributed by atoms with van der Waals surface area (Å²) < 4.78 is 2.13. The SMILES string of the molecule is CSc1nc2ccc(NC(=O)CCSc3ccc(Cl)cc3)cc2s1. The molecule has 0 aliphatic heterocycles. The van der Waals surface area contributed by atoms with Crippen molar-refractivity contribution in [2.75, 3.05) is 17.3 Å². The van der Waals surface area contributed by atoms with E-state index in [-0.39, 0.29) is 5.91 Å². The van der Waals surface area contributed by atoms with Gasteiger partial charge >= 0.3 is 0 Å². The van der Waals surface area contributed by atoms with Crippen molar-refractivity contribution in [2.24, 2.45) is 0 Å². The van der Waals surface area contributed by atoms with E-state index in [1.165, 1.54) is 0 Å². The molecule has 7 heteroatoms. The largest absolute Gasteiger partial charge is 0.326 e. The molecule has 0 atom stereocenters. The molecule has 0 aliphatic rings. The summed E-state index contributed by atoms with van der Waals surface area (Å²) in [6, 6.07) is 13.5. The van der Waals surface area contributed by atoms with Gasteiger partial charge in [-0.1, -0.05) is 23.4 Å². The molecule has 1 N–H and O–H groups in total. The number of aromatic nitrogens is 1. The van der Waals surface area contributed by atoms with Crippen LogP contribution in [0, 0.1) is 0 Å². The van der Waals surface area contributed by atoms with Crippen molar-refractivity contribution >= 4 is 68.3 Å². The summed E-state index contributed by atoms with van der Waals surface area (Å²) in [7, 11) is 0. The number of fused-ring (bicyclic) bond motifs is 1. The van der Waals surface area contributed by atoms with E-state index in [4.69, 9.17) is 11.6 Å². The number of rotatable bonds is 6. The minimum absolute atomic E-state index is 0.0189. The van der Waals surface area contributed by atoms with Crippen molar-refractivity contribution in [2.45, 2.75) is 15.7 Å². The lowest BCUT2D eigenvalue weighted by Crippen LogP contribution is -2.11. The molecule has 1 heterocycles. The van der Waals surface area contributed by atoms with Gasteiger partial charge in [0.15, 0.2) is 4.34 Å². The van der Waals surface area contributed by atoms with Gasteiger partial charge in [-0.05, 0) is 48.7 Å². The van der Waals surface area contributed by atoms with E-state index in [0.29, 0.717) is 6.42 Å². The molecular weight excluding hydrogens is 380 g/mol. The van der Waals surface area contributed by atoms with Crippen LogP contribution >= 0.6 is 46.5 Å². The van der Waals surface area contributed by atoms with Crippen LogP contribution in [-0.4, -0.2) is 22.9 Å². The standard InChI is InChI=1S/C17H15ClN2OS3/c1-22-17-20-14-7-4-12(10-15(14)24-17)19-16(21)8-9-23-13-5-2-11(18)3-6-13/h2-7,10H,8-9H2,1H3,(H,19,21). The molecule has 24 heavy (non-hydrogen) atoms. The van der Waals surface area contributed by atoms with Crippen molar-refractivity contribution in [3.05, 3.63) is 47.5 Å². The third-order valence-electron chi connectivity index (χ3n) is 3.24. The molecule has 0 fully saturated rings. The van der Waals surface area contributed by atoms with Crippen LogP contribution in [0.4, 0.5) is 5.69 Å². The van der Waals surface area contributed by atoms with Crippen molar-refractivity contribution in [1.82, 2.24) is 4.98 Å². The molecule has 1 aromatic heterocycles. The van der Waals surface area contributed by atoms with Crippen molar-refractivity contribution in [1.29, 1.82) is 0 Å². The van der Waals surface area contributed by atoms with Crippen LogP contribution in [0.25, 0.3) is 10.2 Å². The normalized spacial score (nSPS) is 10.9. The minimum atomic E-state index is 0.0189. The van der Waals surface area contributed by atoms with Gasteiger partial charge in [-0.15, -0.1) is 23.1 Å². The molecule has 0 bridgehead atoms. The lowest BCUT2D eigenvalue weighted by Gasteiger charge is -2.05. The van der Waals surface area contributed by atoms with Gasteiger partial charge in [-0.2, -0.15) is 0 Å². The first-order chi connectivity index (χ1) is 11.6. The zero-order valence-corrected chi connectivity index (χ0v) is 16.1. The van der Waals surface area contributed by atoms with Gasteiger partial charge in [0.25, 0.3) is 0 Å². The van der Waals surface area contributed by atoms with Crippen molar-refractivity contribution < 1.29 is 4.79 Å². The molecule has 0 unspecified atom stereocenters. The van der Waals surface area contributed by atoms with Crippen LogP contribution in [0.2, 0.25) is 5.02 Å². The number of anilines is 1. The zero-order chi connectivity index (χ0) is 16.9. The molecule has 2 aromatic carbocycles. The van der Waals surface area contributed by atoms with Gasteiger partial charge in [-0.3, -0.25) is 4.79 Å². The molecule has 3 aromatic rings. The Balaban J connectivity index is 1.53. The summed E-state index contributed by atoms with van der Waals surface area (Å²) in [6.07, 6.45) is 2.48. The monoisotopic (exact) mass is 394 g/mol. The first kappa shape index (κ1) is 17.6. The average Bonchev–Trinajstić information content (AvgIpc) is 2.99. The predicted molar refractivity (Wildman–Crippen MR) is 107 cm³/mol. The number of amides is 1. The van der Waals surface area contributed by atoms with Gasteiger partial charge in [-0.25, -0.2) is 4.98 Å². The number of benzene rings is 2. The van der Waals surface area contributed by atoms with Crippen LogP contribution in [0.15, 0.2) is 51.7 Å². The second-order valence-electron chi connectivity index (χ2n) is 4.97. The van der Waals surface area contributed by atoms with Crippen LogP contribution in [-0.2, 0) is 4.79 Å². The predicted octanol–water partition coefficient (Wildman–Crippen LogP) is 5.79. The summed E-state index contributed by atoms with van der Waals surface area (Å²) >= 11 is 10.8. The molecule has 124 valence electrons. The fraction of sp³-hybridized carbons (Fsp3) is 0.176. The first-order valence-corrected chi connectivity index (χ1v) is 10.7. The number of carbonyl (C=O) groups is 1. The summed E-state index contributed by atoms with van der Waals surface area (Å²) in [4.78, 5) is 17.7. The number of thioether (sulfide) groups is 2. The Labute approximate surface area is 158 Å². The van der Waals surface area contributed by atoms with Crippen LogP contribution < -0.4 is 5.32 Å². The number of hydrogen-bond donors (Lipinski definition) is 1. The van der Waals surface area contributed by atoms with Crippen molar-refractivity contribution in [3.63, 3.8) is 0 Å². The molecular formula is C17H15ClN2OS3. The highest BCUT2D eigenvalue weighted by atomic mass is 35.5. The van der Waals surface area contributed by atoms with Gasteiger partial charge in [0.05, 0.1) is 10.2 Å². The third kappa shape index (κ3) is 4.66. The molecule has 1 amide bonds. The molecule has 0 saturated carbocycles. The zero-order valence-electron chi connectivity index (χ0n) is 12.9. The van der Waals surface area contributed by atoms with E-state index in [2.05, 4.69) is 10.3 Å². The summed E-state index contributed by atoms with van der Waals surface area (Å²) in [5, 5.41) is 3.68. The van der Waals surface area contributed by atoms with Crippen LogP contribution in [0.5, 0.6) is 0 Å². The lowest BCUT2D eigenvalue weighted by atomic mass is 10.3. The molecule has 3 rings (SSSR count). The third-order valence-corrected chi connectivity index (χ3v) is 6.51. The fourth-order valence-electron chi connectivity index (χ4n) is 2.08. The number of hydrogen-bond acceptors (Lipinski definition) is 5. The molecule has 3 nitrogen and oxygen atoms in total. The summed E-state index contributed by atoms with van der Waals surface area (Å²) in [5.74, 6) is 0.748. The molecule has 0 radical (unpaired) electrons. The Morgan fingerprint density at radius 2 is 2.04 bits per heavy atom. The smallest absolute Gasteiger partial charge is 0.225 e. The molecule has 0 saturated heterocycles. The van der Waals surface area contributed by atoms with E-state index in [0.717, 1.165) is 35.9 Å². The Bertz CT molecular complexity index is 849. The van der Waals surface area contributed by atoms with Gasteiger partial charge in [0.1, 0.15) is 0 Å². The number of halogens is 1. The highest BCUT2D eigenvalue weighted by Crippen LogP contribution is 2.30. The van der Waals surface area contributed by atoms with Crippen LogP contribution in [0.1, 0.15) is 6.42 Å². The van der Waals surface area contributed by atoms with Crippen LogP contribution in [0.3, 0.4) is 0 Å². The Hall–Kier alpha value is -1.21. The van der Waals surface area contributed by atoms with E-state index < -0.39 is 0 Å². The Kier molecular flexibility index (Phi) is 6.05. The maximum absolute atomic E-state index is 12.1. The summed E-state index contributed by atoms with van der Waals surface area (Å²) in [5.41, 5.74) is 1.79. The van der Waals surface area contributed by atoms with Gasteiger partial charge in [0.2, 0.25) is 5.91 Å². The maximum atomic E-state index is 12.1. The molecule has 0 spiro atoms. The average molecular weight is 395 g/mol. The number of carbonyl (C=O) groups excluding carboxylic acids is 1. The number of nitrogens with zero attached hydrogens (tertiary/aromatic N) is 1. The highest BCUT2D eigenvalue weighted by molar-refractivity contribution is 8.00. The number of thiazole rings is 1. The fourth-order valence-corrected chi connectivity index (χ4v) is 4.59. The molecule has 0 aliphatic carbocycles. The second kappa shape index (κ2) is 8.25. The Morgan fingerprint density at radius 3 is 2.79 bits per heavy atom. The highest BCUT2D eigenvalue weighted by Gasteiger charge is 2.07. The summed E-state index contributed by atoms with van der Waals surface area (Å²) in [6.45, 7) is 0. The Morgan fingerprint density at radius 1 is 1.25 bits per heavy atom. The van der Waals surface area contributed by atoms with Gasteiger partial charge in [0, 0.05) is 27.8 Å². The lowest BCUT2D eigenvalue weighted by molar-refractivity contribution is -0.115. The quantitative estimate of drug-likeness (QED) is 0.537. The van der Waals surface area contributed by atoms with E-state index >= 15 is 0 Å². The van der Waals surface area contributed by atoms with E-state index in [9.17, 15) is 4.79 Å². The first-order valence-electron chi connectivity index (χ1n) is 7.27. The minimum Gasteiger partial charge on any atom is -0.326 e. The van der Waals surface area contributed by atoms with Gasteiger partial charge < -0.3 is 5.32 Å².